The second-order valence-electron chi connectivity index (χ2n) is 5.79. The zero-order valence-electron chi connectivity index (χ0n) is 15.1. The highest BCUT2D eigenvalue weighted by Gasteiger charge is 2.29. The Labute approximate surface area is 155 Å². The van der Waals surface area contributed by atoms with Gasteiger partial charge in [-0.15, -0.1) is 0 Å². The van der Waals surface area contributed by atoms with E-state index in [2.05, 4.69) is 5.32 Å². The molecule has 0 aliphatic carbocycles. The molecule has 0 aliphatic rings. The highest BCUT2D eigenvalue weighted by molar-refractivity contribution is 5.92. The smallest absolute Gasteiger partial charge is 0.416 e. The van der Waals surface area contributed by atoms with Crippen LogP contribution in [0, 0.1) is 0 Å². The number of ether oxygens (including phenoxy) is 2. The van der Waals surface area contributed by atoms with Crippen molar-refractivity contribution in [2.24, 2.45) is 0 Å². The molecule has 0 unspecified atom stereocenters. The highest BCUT2D eigenvalue weighted by atomic mass is 19.4. The van der Waals surface area contributed by atoms with Gasteiger partial charge in [0.1, 0.15) is 11.5 Å². The standard InChI is InChI=1S/C20H20F3NO3/c1-13(17-12-16(26-2)9-10-18(17)27-3)24-19(25)11-6-14-4-7-15(8-5-14)20(21,22)23/h4-13H,1-3H3,(H,24,25)/b11-6+/t13-/m1/s1. The normalized spacial score (nSPS) is 12.7. The van der Waals surface area contributed by atoms with Crippen molar-refractivity contribution in [3.05, 3.63) is 65.2 Å². The molecule has 2 aromatic carbocycles. The van der Waals surface area contributed by atoms with Crippen LogP contribution in [0.15, 0.2) is 48.5 Å². The first-order chi connectivity index (χ1) is 12.7. The Hall–Kier alpha value is -2.96. The van der Waals surface area contributed by atoms with Gasteiger partial charge in [0.2, 0.25) is 5.91 Å². The van der Waals surface area contributed by atoms with Crippen LogP contribution in [0.4, 0.5) is 13.2 Å². The molecule has 0 spiro atoms. The van der Waals surface area contributed by atoms with Crippen molar-refractivity contribution in [2.75, 3.05) is 14.2 Å². The van der Waals surface area contributed by atoms with E-state index in [1.54, 1.807) is 32.2 Å². The fraction of sp³-hybridized carbons (Fsp3) is 0.250. The molecule has 2 rings (SSSR count). The lowest BCUT2D eigenvalue weighted by molar-refractivity contribution is -0.137. The van der Waals surface area contributed by atoms with E-state index < -0.39 is 11.7 Å². The van der Waals surface area contributed by atoms with E-state index in [1.807, 2.05) is 0 Å². The van der Waals surface area contributed by atoms with Gasteiger partial charge in [0.25, 0.3) is 0 Å². The second kappa shape index (κ2) is 8.62. The van der Waals surface area contributed by atoms with Crippen LogP contribution in [0.3, 0.4) is 0 Å². The molecule has 27 heavy (non-hydrogen) atoms. The summed E-state index contributed by atoms with van der Waals surface area (Å²) in [4.78, 5) is 12.1. The summed E-state index contributed by atoms with van der Waals surface area (Å²) in [5, 5.41) is 2.79. The molecular formula is C20H20F3NO3. The number of benzene rings is 2. The predicted molar refractivity (Wildman–Crippen MR) is 96.6 cm³/mol. The number of carbonyl (C=O) groups is 1. The maximum atomic E-state index is 12.6. The lowest BCUT2D eigenvalue weighted by Crippen LogP contribution is -2.25. The van der Waals surface area contributed by atoms with E-state index in [-0.39, 0.29) is 11.9 Å². The SMILES string of the molecule is COc1ccc(OC)c([C@@H](C)NC(=O)/C=C/c2ccc(C(F)(F)F)cc2)c1. The first-order valence-electron chi connectivity index (χ1n) is 8.12. The van der Waals surface area contributed by atoms with Crippen LogP contribution in [0.25, 0.3) is 6.08 Å². The van der Waals surface area contributed by atoms with Crippen LogP contribution in [0.2, 0.25) is 0 Å². The van der Waals surface area contributed by atoms with E-state index in [9.17, 15) is 18.0 Å². The number of nitrogens with one attached hydrogen (secondary N) is 1. The minimum absolute atomic E-state index is 0.361. The fourth-order valence-electron chi connectivity index (χ4n) is 2.47. The van der Waals surface area contributed by atoms with Crippen LogP contribution < -0.4 is 14.8 Å². The van der Waals surface area contributed by atoms with Gasteiger partial charge >= 0.3 is 6.18 Å². The molecule has 0 saturated heterocycles. The molecule has 7 heteroatoms. The van der Waals surface area contributed by atoms with Crippen molar-refractivity contribution in [3.8, 4) is 11.5 Å². The maximum Gasteiger partial charge on any atom is 0.416 e. The van der Waals surface area contributed by atoms with Crippen LogP contribution in [-0.4, -0.2) is 20.1 Å². The van der Waals surface area contributed by atoms with E-state index in [4.69, 9.17) is 9.47 Å². The third-order valence-corrected chi connectivity index (χ3v) is 3.93. The topological polar surface area (TPSA) is 47.6 Å². The largest absolute Gasteiger partial charge is 0.497 e. The van der Waals surface area contributed by atoms with Crippen LogP contribution >= 0.6 is 0 Å². The molecule has 1 amide bonds. The summed E-state index contributed by atoms with van der Waals surface area (Å²) in [5.74, 6) is 0.856. The molecule has 0 aliphatic heterocycles. The van der Waals surface area contributed by atoms with Gasteiger partial charge in [-0.25, -0.2) is 0 Å². The molecule has 0 bridgehead atoms. The molecule has 4 nitrogen and oxygen atoms in total. The summed E-state index contributed by atoms with van der Waals surface area (Å²) in [5.41, 5.74) is 0.501. The van der Waals surface area contributed by atoms with E-state index in [0.717, 1.165) is 17.7 Å². The van der Waals surface area contributed by atoms with Crippen LogP contribution in [0.1, 0.15) is 29.7 Å². The number of amides is 1. The molecule has 0 fully saturated rings. The quantitative estimate of drug-likeness (QED) is 0.746. The molecule has 1 atom stereocenters. The van der Waals surface area contributed by atoms with Crippen molar-refractivity contribution >= 4 is 12.0 Å². The van der Waals surface area contributed by atoms with Gasteiger partial charge in [-0.2, -0.15) is 13.2 Å². The number of carbonyl (C=O) groups excluding carboxylic acids is 1. The van der Waals surface area contributed by atoms with Crippen molar-refractivity contribution in [1.82, 2.24) is 5.32 Å². The number of hydrogen-bond acceptors (Lipinski definition) is 3. The van der Waals surface area contributed by atoms with Gasteiger partial charge in [0.15, 0.2) is 0 Å². The minimum Gasteiger partial charge on any atom is -0.497 e. The zero-order valence-corrected chi connectivity index (χ0v) is 15.1. The van der Waals surface area contributed by atoms with Gasteiger partial charge in [-0.05, 0) is 48.9 Å². The number of hydrogen-bond donors (Lipinski definition) is 1. The van der Waals surface area contributed by atoms with E-state index in [1.165, 1.54) is 31.4 Å². The van der Waals surface area contributed by atoms with Crippen molar-refractivity contribution in [3.63, 3.8) is 0 Å². The molecular weight excluding hydrogens is 359 g/mol. The van der Waals surface area contributed by atoms with Gasteiger partial charge < -0.3 is 14.8 Å². The summed E-state index contributed by atoms with van der Waals surface area (Å²) in [6.45, 7) is 1.79. The average molecular weight is 379 g/mol. The Balaban J connectivity index is 2.06. The van der Waals surface area contributed by atoms with Gasteiger partial charge in [-0.1, -0.05) is 12.1 Å². The molecule has 0 radical (unpaired) electrons. The third-order valence-electron chi connectivity index (χ3n) is 3.93. The molecule has 144 valence electrons. The highest BCUT2D eigenvalue weighted by Crippen LogP contribution is 2.30. The third kappa shape index (κ3) is 5.51. The summed E-state index contributed by atoms with van der Waals surface area (Å²) in [7, 11) is 3.08. The van der Waals surface area contributed by atoms with Gasteiger partial charge in [0.05, 0.1) is 25.8 Å². The van der Waals surface area contributed by atoms with Crippen molar-refractivity contribution < 1.29 is 27.4 Å². The molecule has 0 saturated carbocycles. The van der Waals surface area contributed by atoms with Crippen LogP contribution in [-0.2, 0) is 11.0 Å². The van der Waals surface area contributed by atoms with Gasteiger partial charge in [0, 0.05) is 11.6 Å². The number of halogens is 3. The Kier molecular flexibility index (Phi) is 6.50. The maximum absolute atomic E-state index is 12.6. The predicted octanol–water partition coefficient (Wildman–Crippen LogP) is 4.61. The Morgan fingerprint density at radius 1 is 1.07 bits per heavy atom. The Morgan fingerprint density at radius 3 is 2.30 bits per heavy atom. The molecule has 1 N–H and O–H groups in total. The minimum atomic E-state index is -4.38. The second-order valence-corrected chi connectivity index (χ2v) is 5.79. The number of methoxy groups -OCH3 is 2. The summed E-state index contributed by atoms with van der Waals surface area (Å²) >= 11 is 0. The number of alkyl halides is 3. The lowest BCUT2D eigenvalue weighted by Gasteiger charge is -2.17. The summed E-state index contributed by atoms with van der Waals surface area (Å²) < 4.78 is 48.1. The lowest BCUT2D eigenvalue weighted by atomic mass is 10.1. The first kappa shape index (κ1) is 20.4. The zero-order chi connectivity index (χ0) is 20.0. The van der Waals surface area contributed by atoms with Gasteiger partial charge in [-0.3, -0.25) is 4.79 Å². The molecule has 2 aromatic rings. The molecule has 0 heterocycles. The van der Waals surface area contributed by atoms with Crippen molar-refractivity contribution in [2.45, 2.75) is 19.1 Å². The summed E-state index contributed by atoms with van der Waals surface area (Å²) in [6, 6.07) is 9.46. The fourth-order valence-corrected chi connectivity index (χ4v) is 2.47. The monoisotopic (exact) mass is 379 g/mol. The number of rotatable bonds is 6. The molecule has 0 aromatic heterocycles. The summed E-state index contributed by atoms with van der Waals surface area (Å²) in [6.07, 6.45) is -1.67. The Bertz CT molecular complexity index is 814. The van der Waals surface area contributed by atoms with E-state index in [0.29, 0.717) is 17.1 Å². The van der Waals surface area contributed by atoms with Crippen molar-refractivity contribution in [1.29, 1.82) is 0 Å². The first-order valence-corrected chi connectivity index (χ1v) is 8.12. The van der Waals surface area contributed by atoms with Crippen LogP contribution in [0.5, 0.6) is 11.5 Å². The average Bonchev–Trinajstić information content (AvgIpc) is 2.65. The Morgan fingerprint density at radius 2 is 1.74 bits per heavy atom. The van der Waals surface area contributed by atoms with E-state index >= 15 is 0 Å².